The Bertz CT molecular complexity index is 881. The SMILES string of the molecule is CCCCCCCCCCCCCCCCC1(C)CCc2c(C[N+](=O)[O-])c(OC(C)=O)c(C)c(C)c2O1. The third kappa shape index (κ3) is 10.3. The van der Waals surface area contributed by atoms with E-state index in [1.807, 2.05) is 13.8 Å². The topological polar surface area (TPSA) is 78.7 Å². The first kappa shape index (κ1) is 31.1. The molecule has 0 amide bonds. The molecule has 0 N–H and O–H groups in total. The van der Waals surface area contributed by atoms with Gasteiger partial charge in [-0.25, -0.2) is 0 Å². The zero-order chi connectivity index (χ0) is 27.3. The molecule has 210 valence electrons. The number of unbranched alkanes of at least 4 members (excludes halogenated alkanes) is 13. The molecular weight excluding hydrogens is 466 g/mol. The maximum atomic E-state index is 11.7. The minimum absolute atomic E-state index is 0.268. The van der Waals surface area contributed by atoms with Crippen LogP contribution < -0.4 is 9.47 Å². The van der Waals surface area contributed by atoms with Crippen LogP contribution in [-0.4, -0.2) is 16.5 Å². The molecule has 0 fully saturated rings. The van der Waals surface area contributed by atoms with Gasteiger partial charge >= 0.3 is 5.97 Å². The molecule has 1 aromatic carbocycles. The lowest BCUT2D eigenvalue weighted by Crippen LogP contribution is -2.37. The molecule has 1 unspecified atom stereocenters. The first-order valence-corrected chi connectivity index (χ1v) is 14.8. The van der Waals surface area contributed by atoms with Crippen molar-refractivity contribution in [3.05, 3.63) is 32.4 Å². The Morgan fingerprint density at radius 2 is 1.43 bits per heavy atom. The molecule has 6 nitrogen and oxygen atoms in total. The second-order valence-corrected chi connectivity index (χ2v) is 11.3. The molecular formula is C31H51NO5. The van der Waals surface area contributed by atoms with E-state index in [-0.39, 0.29) is 17.1 Å². The highest BCUT2D eigenvalue weighted by Gasteiger charge is 2.36. The van der Waals surface area contributed by atoms with Crippen molar-refractivity contribution in [2.75, 3.05) is 0 Å². The lowest BCUT2D eigenvalue weighted by atomic mass is 9.84. The number of hydrogen-bond acceptors (Lipinski definition) is 5. The highest BCUT2D eigenvalue weighted by atomic mass is 16.6. The Morgan fingerprint density at radius 1 is 0.919 bits per heavy atom. The van der Waals surface area contributed by atoms with E-state index >= 15 is 0 Å². The van der Waals surface area contributed by atoms with Gasteiger partial charge in [0, 0.05) is 17.4 Å². The lowest BCUT2D eigenvalue weighted by molar-refractivity contribution is -0.497. The number of nitro groups is 1. The number of esters is 1. The summed E-state index contributed by atoms with van der Waals surface area (Å²) in [5.41, 5.74) is 2.69. The van der Waals surface area contributed by atoms with Gasteiger partial charge < -0.3 is 9.47 Å². The molecule has 0 spiro atoms. The van der Waals surface area contributed by atoms with E-state index in [1.54, 1.807) is 0 Å². The molecule has 37 heavy (non-hydrogen) atoms. The summed E-state index contributed by atoms with van der Waals surface area (Å²) in [6.45, 7) is 9.20. The highest BCUT2D eigenvalue weighted by Crippen LogP contribution is 2.45. The van der Waals surface area contributed by atoms with Gasteiger partial charge in [-0.05, 0) is 57.6 Å². The largest absolute Gasteiger partial charge is 0.487 e. The summed E-state index contributed by atoms with van der Waals surface area (Å²) in [5, 5.41) is 11.4. The number of nitrogens with zero attached hydrogens (tertiary/aromatic N) is 1. The molecule has 0 saturated heterocycles. The van der Waals surface area contributed by atoms with E-state index < -0.39 is 5.97 Å². The van der Waals surface area contributed by atoms with Crippen molar-refractivity contribution in [2.24, 2.45) is 0 Å². The highest BCUT2D eigenvalue weighted by molar-refractivity contribution is 5.72. The van der Waals surface area contributed by atoms with Crippen molar-refractivity contribution in [1.29, 1.82) is 0 Å². The Kier molecular flexibility index (Phi) is 13.4. The molecule has 1 aromatic rings. The summed E-state index contributed by atoms with van der Waals surface area (Å²) < 4.78 is 12.0. The Labute approximate surface area is 225 Å². The van der Waals surface area contributed by atoms with Gasteiger partial charge in [0.15, 0.2) is 0 Å². The van der Waals surface area contributed by atoms with Crippen molar-refractivity contribution in [3.8, 4) is 11.5 Å². The average Bonchev–Trinajstić information content (AvgIpc) is 2.84. The van der Waals surface area contributed by atoms with Gasteiger partial charge in [0.05, 0.1) is 5.56 Å². The Balaban J connectivity index is 1.78. The fraction of sp³-hybridized carbons (Fsp3) is 0.774. The predicted octanol–water partition coefficient (Wildman–Crippen LogP) is 8.96. The minimum atomic E-state index is -0.466. The smallest absolute Gasteiger partial charge is 0.308 e. The van der Waals surface area contributed by atoms with Gasteiger partial charge in [0.25, 0.3) is 0 Å². The van der Waals surface area contributed by atoms with Crippen molar-refractivity contribution < 1.29 is 19.2 Å². The summed E-state index contributed by atoms with van der Waals surface area (Å²) >= 11 is 0. The monoisotopic (exact) mass is 517 g/mol. The van der Waals surface area contributed by atoms with Crippen molar-refractivity contribution in [2.45, 2.75) is 156 Å². The van der Waals surface area contributed by atoms with Crippen LogP contribution in [0.2, 0.25) is 0 Å². The summed E-state index contributed by atoms with van der Waals surface area (Å²) in [4.78, 5) is 22.7. The second-order valence-electron chi connectivity index (χ2n) is 11.3. The van der Waals surface area contributed by atoms with Crippen molar-refractivity contribution in [1.82, 2.24) is 0 Å². The number of fused-ring (bicyclic) bond motifs is 1. The molecule has 0 radical (unpaired) electrons. The summed E-state index contributed by atoms with van der Waals surface area (Å²) in [5.74, 6) is 0.621. The number of ether oxygens (including phenoxy) is 2. The van der Waals surface area contributed by atoms with Crippen LogP contribution in [0.3, 0.4) is 0 Å². The van der Waals surface area contributed by atoms with Crippen LogP contribution in [0, 0.1) is 24.0 Å². The third-order valence-electron chi connectivity index (χ3n) is 8.00. The quantitative estimate of drug-likeness (QED) is 0.0638. The summed E-state index contributed by atoms with van der Waals surface area (Å²) in [6, 6.07) is 0. The number of hydrogen-bond donors (Lipinski definition) is 0. The molecule has 0 bridgehead atoms. The molecule has 0 aromatic heterocycles. The number of rotatable bonds is 18. The van der Waals surface area contributed by atoms with Gasteiger partial charge in [0.1, 0.15) is 17.1 Å². The Hall–Kier alpha value is -2.11. The zero-order valence-electron chi connectivity index (χ0n) is 24.2. The maximum absolute atomic E-state index is 11.7. The standard InChI is InChI=1S/C31H51NO5/c1-6-7-8-9-10-11-12-13-14-15-16-17-18-19-21-31(5)22-20-27-28(23-32(34)35)29(36-26(4)33)24(2)25(3)30(27)37-31/h6-23H2,1-5H3. The van der Waals surface area contributed by atoms with Gasteiger partial charge in [-0.2, -0.15) is 0 Å². The van der Waals surface area contributed by atoms with Crippen LogP contribution in [0.1, 0.15) is 146 Å². The van der Waals surface area contributed by atoms with E-state index in [0.29, 0.717) is 17.7 Å². The number of benzene rings is 1. The van der Waals surface area contributed by atoms with E-state index in [2.05, 4.69) is 13.8 Å². The van der Waals surface area contributed by atoms with Crippen LogP contribution >= 0.6 is 0 Å². The fourth-order valence-electron chi connectivity index (χ4n) is 5.60. The first-order valence-electron chi connectivity index (χ1n) is 14.8. The average molecular weight is 518 g/mol. The minimum Gasteiger partial charge on any atom is -0.487 e. The number of carbonyl (C=O) groups is 1. The normalized spacial score (nSPS) is 16.8. The maximum Gasteiger partial charge on any atom is 0.308 e. The van der Waals surface area contributed by atoms with Gasteiger partial charge in [-0.1, -0.05) is 90.4 Å². The van der Waals surface area contributed by atoms with Crippen molar-refractivity contribution in [3.63, 3.8) is 0 Å². The van der Waals surface area contributed by atoms with Gasteiger partial charge in [0.2, 0.25) is 6.54 Å². The summed E-state index contributed by atoms with van der Waals surface area (Å²) in [6.07, 6.45) is 21.3. The fourth-order valence-corrected chi connectivity index (χ4v) is 5.60. The van der Waals surface area contributed by atoms with Gasteiger partial charge in [-0.15, -0.1) is 0 Å². The zero-order valence-corrected chi connectivity index (χ0v) is 24.2. The van der Waals surface area contributed by atoms with Crippen LogP contribution in [-0.2, 0) is 17.8 Å². The van der Waals surface area contributed by atoms with E-state index in [0.717, 1.165) is 41.7 Å². The molecule has 1 aliphatic heterocycles. The van der Waals surface area contributed by atoms with E-state index in [4.69, 9.17) is 9.47 Å². The van der Waals surface area contributed by atoms with Crippen LogP contribution in [0.15, 0.2) is 0 Å². The molecule has 1 aliphatic rings. The number of carbonyl (C=O) groups excluding carboxylic acids is 1. The third-order valence-corrected chi connectivity index (χ3v) is 8.00. The van der Waals surface area contributed by atoms with Crippen molar-refractivity contribution >= 4 is 5.97 Å². The molecule has 1 heterocycles. The van der Waals surface area contributed by atoms with Crippen LogP contribution in [0.25, 0.3) is 0 Å². The van der Waals surface area contributed by atoms with Gasteiger partial charge in [-0.3, -0.25) is 14.9 Å². The summed E-state index contributed by atoms with van der Waals surface area (Å²) in [7, 11) is 0. The first-order chi connectivity index (χ1) is 17.7. The lowest BCUT2D eigenvalue weighted by Gasteiger charge is -2.38. The molecule has 2 rings (SSSR count). The molecule has 1 atom stereocenters. The van der Waals surface area contributed by atoms with E-state index in [9.17, 15) is 14.9 Å². The molecule has 0 aliphatic carbocycles. The van der Waals surface area contributed by atoms with Crippen LogP contribution in [0.4, 0.5) is 0 Å². The van der Waals surface area contributed by atoms with Crippen LogP contribution in [0.5, 0.6) is 11.5 Å². The second kappa shape index (κ2) is 16.0. The molecule has 0 saturated carbocycles. The predicted molar refractivity (Wildman–Crippen MR) is 150 cm³/mol. The Morgan fingerprint density at radius 3 is 1.92 bits per heavy atom. The van der Waals surface area contributed by atoms with E-state index in [1.165, 1.54) is 90.4 Å². The molecule has 6 heteroatoms.